The minimum Gasteiger partial charge on any atom is -0.497 e. The maximum atomic E-state index is 13.7. The smallest absolute Gasteiger partial charge is 0.191 e. The first kappa shape index (κ1) is 23.7. The maximum Gasteiger partial charge on any atom is 0.191 e. The standard InChI is InChI=1S/C22H30FN3O3S/c1-16(17-6-9-21(29-3)10-7-17)11-12-25-22(24-2)26-14-19-13-20(23)8-5-18(19)15-30(4,27)28/h5-10,13,16H,11-12,14-15H2,1-4H3,(H2,24,25,26). The second-order valence-corrected chi connectivity index (χ2v) is 9.44. The third kappa shape index (κ3) is 7.67. The second-order valence-electron chi connectivity index (χ2n) is 7.30. The predicted molar refractivity (Wildman–Crippen MR) is 119 cm³/mol. The third-order valence-electron chi connectivity index (χ3n) is 4.81. The fourth-order valence-corrected chi connectivity index (χ4v) is 3.93. The van der Waals surface area contributed by atoms with Crippen LogP contribution in [0.1, 0.15) is 36.0 Å². The van der Waals surface area contributed by atoms with Gasteiger partial charge in [-0.1, -0.05) is 25.1 Å². The molecular formula is C22H30FN3O3S. The predicted octanol–water partition coefficient (Wildman–Crippen LogP) is 3.24. The van der Waals surface area contributed by atoms with Crippen molar-refractivity contribution in [2.45, 2.75) is 31.6 Å². The van der Waals surface area contributed by atoms with Crippen molar-refractivity contribution in [3.63, 3.8) is 0 Å². The number of halogens is 1. The molecule has 0 radical (unpaired) electrons. The van der Waals surface area contributed by atoms with Crippen molar-refractivity contribution >= 4 is 15.8 Å². The fraction of sp³-hybridized carbons (Fsp3) is 0.409. The molecule has 0 aromatic heterocycles. The van der Waals surface area contributed by atoms with E-state index in [1.807, 2.05) is 12.1 Å². The Kier molecular flexibility index (Phi) is 8.65. The van der Waals surface area contributed by atoms with E-state index < -0.39 is 15.7 Å². The Bertz CT molecular complexity index is 960. The number of nitrogens with zero attached hydrogens (tertiary/aromatic N) is 1. The number of hydrogen-bond acceptors (Lipinski definition) is 4. The lowest BCUT2D eigenvalue weighted by atomic mass is 9.98. The molecule has 2 aromatic carbocycles. The summed E-state index contributed by atoms with van der Waals surface area (Å²) in [4.78, 5) is 4.19. The van der Waals surface area contributed by atoms with Gasteiger partial charge in [0.1, 0.15) is 11.6 Å². The maximum absolute atomic E-state index is 13.7. The highest BCUT2D eigenvalue weighted by molar-refractivity contribution is 7.89. The van der Waals surface area contributed by atoms with E-state index in [2.05, 4.69) is 34.7 Å². The Labute approximate surface area is 178 Å². The molecule has 2 rings (SSSR count). The van der Waals surface area contributed by atoms with Crippen LogP contribution in [0.25, 0.3) is 0 Å². The molecule has 0 bridgehead atoms. The number of nitrogens with one attached hydrogen (secondary N) is 2. The molecule has 0 heterocycles. The Hall–Kier alpha value is -2.61. The molecule has 0 aliphatic carbocycles. The lowest BCUT2D eigenvalue weighted by Crippen LogP contribution is -2.37. The monoisotopic (exact) mass is 435 g/mol. The zero-order valence-electron chi connectivity index (χ0n) is 17.9. The summed E-state index contributed by atoms with van der Waals surface area (Å²) < 4.78 is 42.1. The number of benzene rings is 2. The van der Waals surface area contributed by atoms with Crippen LogP contribution in [0.3, 0.4) is 0 Å². The summed E-state index contributed by atoms with van der Waals surface area (Å²) in [6.07, 6.45) is 2.06. The molecule has 1 atom stereocenters. The SMILES string of the molecule is CN=C(NCCC(C)c1ccc(OC)cc1)NCc1cc(F)ccc1CS(C)(=O)=O. The van der Waals surface area contributed by atoms with E-state index in [0.717, 1.165) is 18.4 Å². The van der Waals surface area contributed by atoms with Gasteiger partial charge < -0.3 is 15.4 Å². The van der Waals surface area contributed by atoms with E-state index in [0.29, 0.717) is 29.5 Å². The zero-order chi connectivity index (χ0) is 22.1. The van der Waals surface area contributed by atoms with Crippen molar-refractivity contribution in [1.82, 2.24) is 10.6 Å². The summed E-state index contributed by atoms with van der Waals surface area (Å²) in [5.74, 6) is 1.23. The molecule has 1 unspecified atom stereocenters. The molecule has 0 saturated heterocycles. The van der Waals surface area contributed by atoms with Crippen LogP contribution in [-0.2, 0) is 22.1 Å². The molecule has 8 heteroatoms. The Morgan fingerprint density at radius 2 is 1.83 bits per heavy atom. The van der Waals surface area contributed by atoms with E-state index in [-0.39, 0.29) is 12.3 Å². The van der Waals surface area contributed by atoms with E-state index in [4.69, 9.17) is 4.74 Å². The normalized spacial score (nSPS) is 13.0. The van der Waals surface area contributed by atoms with Crippen LogP contribution in [-0.4, -0.2) is 41.3 Å². The summed E-state index contributed by atoms with van der Waals surface area (Å²) >= 11 is 0. The van der Waals surface area contributed by atoms with Crippen LogP contribution in [0.2, 0.25) is 0 Å². The van der Waals surface area contributed by atoms with Gasteiger partial charge in [0, 0.05) is 26.4 Å². The van der Waals surface area contributed by atoms with Crippen molar-refractivity contribution in [2.75, 3.05) is 27.0 Å². The van der Waals surface area contributed by atoms with Gasteiger partial charge in [-0.2, -0.15) is 0 Å². The molecule has 0 saturated carbocycles. The largest absolute Gasteiger partial charge is 0.497 e. The highest BCUT2D eigenvalue weighted by atomic mass is 32.2. The van der Waals surface area contributed by atoms with Gasteiger partial charge >= 0.3 is 0 Å². The molecule has 30 heavy (non-hydrogen) atoms. The number of hydrogen-bond donors (Lipinski definition) is 2. The van der Waals surface area contributed by atoms with Crippen LogP contribution in [0.4, 0.5) is 4.39 Å². The highest BCUT2D eigenvalue weighted by Crippen LogP contribution is 2.21. The average Bonchev–Trinajstić information content (AvgIpc) is 2.71. The van der Waals surface area contributed by atoms with Crippen LogP contribution in [0.5, 0.6) is 5.75 Å². The lowest BCUT2D eigenvalue weighted by molar-refractivity contribution is 0.414. The lowest BCUT2D eigenvalue weighted by Gasteiger charge is -2.16. The summed E-state index contributed by atoms with van der Waals surface area (Å²) in [5, 5.41) is 6.38. The first-order valence-corrected chi connectivity index (χ1v) is 11.8. The first-order valence-electron chi connectivity index (χ1n) is 9.75. The summed E-state index contributed by atoms with van der Waals surface area (Å²) in [6, 6.07) is 12.2. The van der Waals surface area contributed by atoms with Crippen molar-refractivity contribution in [3.05, 3.63) is 65.0 Å². The number of aliphatic imine (C=N–C) groups is 1. The number of sulfone groups is 1. The second kappa shape index (κ2) is 11.0. The van der Waals surface area contributed by atoms with Gasteiger partial charge in [-0.25, -0.2) is 12.8 Å². The van der Waals surface area contributed by atoms with Crippen LogP contribution < -0.4 is 15.4 Å². The van der Waals surface area contributed by atoms with Crippen molar-refractivity contribution in [2.24, 2.45) is 4.99 Å². The molecule has 0 spiro atoms. The van der Waals surface area contributed by atoms with Gasteiger partial charge in [0.05, 0.1) is 12.9 Å². The van der Waals surface area contributed by atoms with E-state index in [1.165, 1.54) is 23.8 Å². The molecule has 2 aromatic rings. The van der Waals surface area contributed by atoms with Crippen molar-refractivity contribution < 1.29 is 17.5 Å². The van der Waals surface area contributed by atoms with Gasteiger partial charge in [-0.3, -0.25) is 4.99 Å². The van der Waals surface area contributed by atoms with Crippen LogP contribution in [0.15, 0.2) is 47.5 Å². The van der Waals surface area contributed by atoms with Crippen molar-refractivity contribution in [1.29, 1.82) is 0 Å². The first-order chi connectivity index (χ1) is 14.2. The molecule has 2 N–H and O–H groups in total. The Morgan fingerprint density at radius 1 is 1.13 bits per heavy atom. The molecule has 0 aliphatic heterocycles. The number of ether oxygens (including phenoxy) is 1. The highest BCUT2D eigenvalue weighted by Gasteiger charge is 2.11. The molecule has 0 aliphatic rings. The summed E-state index contributed by atoms with van der Waals surface area (Å²) in [5.41, 5.74) is 2.40. The summed E-state index contributed by atoms with van der Waals surface area (Å²) in [6.45, 7) is 3.13. The van der Waals surface area contributed by atoms with Gasteiger partial charge in [0.25, 0.3) is 0 Å². The van der Waals surface area contributed by atoms with Gasteiger partial charge in [0.15, 0.2) is 15.8 Å². The van der Waals surface area contributed by atoms with Crippen molar-refractivity contribution in [3.8, 4) is 5.75 Å². The van der Waals surface area contributed by atoms with E-state index >= 15 is 0 Å². The Morgan fingerprint density at radius 3 is 2.43 bits per heavy atom. The minimum atomic E-state index is -3.22. The molecule has 0 fully saturated rings. The number of guanidine groups is 1. The zero-order valence-corrected chi connectivity index (χ0v) is 18.7. The topological polar surface area (TPSA) is 79.8 Å². The molecule has 164 valence electrons. The summed E-state index contributed by atoms with van der Waals surface area (Å²) in [7, 11) is 0.0905. The molecular weight excluding hydrogens is 405 g/mol. The van der Waals surface area contributed by atoms with Crippen LogP contribution >= 0.6 is 0 Å². The minimum absolute atomic E-state index is 0.129. The fourth-order valence-electron chi connectivity index (χ4n) is 3.09. The van der Waals surface area contributed by atoms with E-state index in [1.54, 1.807) is 14.2 Å². The number of methoxy groups -OCH3 is 1. The quantitative estimate of drug-likeness (QED) is 0.467. The van der Waals surface area contributed by atoms with E-state index in [9.17, 15) is 12.8 Å². The van der Waals surface area contributed by atoms with Crippen LogP contribution in [0, 0.1) is 5.82 Å². The molecule has 0 amide bonds. The third-order valence-corrected chi connectivity index (χ3v) is 5.65. The van der Waals surface area contributed by atoms with Gasteiger partial charge in [0.2, 0.25) is 0 Å². The Balaban J connectivity index is 1.90. The molecule has 6 nitrogen and oxygen atoms in total. The average molecular weight is 436 g/mol. The van der Waals surface area contributed by atoms with Gasteiger partial charge in [-0.05, 0) is 53.3 Å². The number of rotatable bonds is 9. The van der Waals surface area contributed by atoms with Gasteiger partial charge in [-0.15, -0.1) is 0 Å².